The van der Waals surface area contributed by atoms with E-state index >= 15 is 0 Å². The minimum Gasteiger partial charge on any atom is -0.493 e. The molecule has 0 aliphatic rings. The molecule has 0 radical (unpaired) electrons. The van der Waals surface area contributed by atoms with Crippen LogP contribution in [0.1, 0.15) is 29.5 Å². The molecule has 1 atom stereocenters. The summed E-state index contributed by atoms with van der Waals surface area (Å²) in [6.45, 7) is 0.974. The first kappa shape index (κ1) is 26.3. The molecule has 0 fully saturated rings. The third-order valence-electron chi connectivity index (χ3n) is 4.69. The molecular weight excluding hydrogens is 494 g/mol. The second kappa shape index (κ2) is 10.5. The number of aryl methyl sites for hydroxylation is 1. The second-order valence-electron chi connectivity index (χ2n) is 7.74. The van der Waals surface area contributed by atoms with Crippen LogP contribution in [0, 0.1) is 0 Å². The summed E-state index contributed by atoms with van der Waals surface area (Å²) in [6, 6.07) is 13.2. The van der Waals surface area contributed by atoms with Gasteiger partial charge in [0.05, 0.1) is 24.3 Å². The van der Waals surface area contributed by atoms with Gasteiger partial charge in [-0.05, 0) is 43.5 Å². The number of rotatable bonds is 10. The molecule has 3 rings (SSSR count). The summed E-state index contributed by atoms with van der Waals surface area (Å²) in [5.41, 5.74) is 4.88. The van der Waals surface area contributed by atoms with Crippen molar-refractivity contribution in [2.75, 3.05) is 13.2 Å². The van der Waals surface area contributed by atoms with E-state index in [1.807, 2.05) is 30.3 Å². The fourth-order valence-corrected chi connectivity index (χ4v) is 4.28. The summed E-state index contributed by atoms with van der Waals surface area (Å²) in [7, 11) is -4.76. The van der Waals surface area contributed by atoms with Gasteiger partial charge in [-0.3, -0.25) is 4.52 Å². The lowest BCUT2D eigenvalue weighted by Crippen LogP contribution is -2.37. The molecule has 13 heteroatoms. The molecule has 0 bridgehead atoms. The lowest BCUT2D eigenvalue weighted by atomic mass is 10.1. The zero-order chi connectivity index (χ0) is 25.0. The summed E-state index contributed by atoms with van der Waals surface area (Å²) in [4.78, 5) is 17.7. The standard InChI is InChI=1S/C21H23F3N3O5PS/c1-20(25,13-32-33(28,29)30)19-27-26-18(34-19)15-9-10-17(16(12-15)21(22,23)24)31-11-5-8-14-6-3-2-4-7-14/h2-4,6-7,9-10,12H,5,8,11,13,25H2,1H3,(H2,28,29,30)/t20-/m0/s1. The van der Waals surface area contributed by atoms with Gasteiger partial charge in [-0.15, -0.1) is 10.2 Å². The average Bonchev–Trinajstić information content (AvgIpc) is 3.26. The molecule has 0 saturated heterocycles. The molecule has 0 aliphatic heterocycles. The van der Waals surface area contributed by atoms with Crippen molar-refractivity contribution in [2.45, 2.75) is 31.5 Å². The molecule has 8 nitrogen and oxygen atoms in total. The number of phosphoric acid groups is 1. The smallest absolute Gasteiger partial charge is 0.469 e. The van der Waals surface area contributed by atoms with Gasteiger partial charge < -0.3 is 20.3 Å². The molecule has 4 N–H and O–H groups in total. The van der Waals surface area contributed by atoms with Crippen LogP contribution in [0.5, 0.6) is 5.75 Å². The molecule has 34 heavy (non-hydrogen) atoms. The van der Waals surface area contributed by atoms with Gasteiger partial charge in [-0.25, -0.2) is 4.57 Å². The van der Waals surface area contributed by atoms with E-state index in [2.05, 4.69) is 14.7 Å². The number of ether oxygens (including phenoxy) is 1. The normalized spacial score (nSPS) is 14.1. The fourth-order valence-electron chi connectivity index (χ4n) is 2.96. The van der Waals surface area contributed by atoms with Crippen LogP contribution >= 0.6 is 19.2 Å². The predicted octanol–water partition coefficient (Wildman–Crippen LogP) is 4.52. The van der Waals surface area contributed by atoms with E-state index in [-0.39, 0.29) is 27.9 Å². The van der Waals surface area contributed by atoms with Crippen molar-refractivity contribution in [3.8, 4) is 16.3 Å². The van der Waals surface area contributed by atoms with E-state index in [0.717, 1.165) is 23.0 Å². The number of halogens is 3. The lowest BCUT2D eigenvalue weighted by molar-refractivity contribution is -0.138. The fraction of sp³-hybridized carbons (Fsp3) is 0.333. The largest absolute Gasteiger partial charge is 0.493 e. The van der Waals surface area contributed by atoms with Gasteiger partial charge >= 0.3 is 14.0 Å². The molecular formula is C21H23F3N3O5PS. The van der Waals surface area contributed by atoms with Crippen molar-refractivity contribution in [3.63, 3.8) is 0 Å². The highest BCUT2D eigenvalue weighted by Gasteiger charge is 2.35. The number of phosphoric ester groups is 1. The van der Waals surface area contributed by atoms with Crippen molar-refractivity contribution in [1.29, 1.82) is 0 Å². The number of hydrogen-bond acceptors (Lipinski definition) is 7. The minimum atomic E-state index is -4.76. The molecule has 1 heterocycles. The Hall–Kier alpha value is -2.34. The minimum absolute atomic E-state index is 0.116. The number of alkyl halides is 3. The van der Waals surface area contributed by atoms with E-state index in [9.17, 15) is 17.7 Å². The molecule has 184 valence electrons. The van der Waals surface area contributed by atoms with Crippen LogP contribution in [0.25, 0.3) is 10.6 Å². The van der Waals surface area contributed by atoms with Crippen LogP contribution in [-0.4, -0.2) is 33.2 Å². The highest BCUT2D eigenvalue weighted by atomic mass is 32.1. The van der Waals surface area contributed by atoms with Crippen LogP contribution in [-0.2, 0) is 27.2 Å². The Morgan fingerprint density at radius 1 is 1.12 bits per heavy atom. The van der Waals surface area contributed by atoms with E-state index in [0.29, 0.717) is 12.8 Å². The molecule has 3 aromatic rings. The summed E-state index contributed by atoms with van der Waals surface area (Å²) in [5.74, 6) is -0.284. The van der Waals surface area contributed by atoms with Crippen LogP contribution in [0.2, 0.25) is 0 Å². The van der Waals surface area contributed by atoms with Crippen molar-refractivity contribution in [2.24, 2.45) is 5.73 Å². The van der Waals surface area contributed by atoms with Crippen LogP contribution in [0.15, 0.2) is 48.5 Å². The topological polar surface area (TPSA) is 128 Å². The molecule has 2 aromatic carbocycles. The van der Waals surface area contributed by atoms with Gasteiger partial charge in [-0.1, -0.05) is 41.7 Å². The van der Waals surface area contributed by atoms with Crippen molar-refractivity contribution >= 4 is 19.2 Å². The Morgan fingerprint density at radius 2 is 1.82 bits per heavy atom. The maximum atomic E-state index is 13.7. The van der Waals surface area contributed by atoms with Crippen molar-refractivity contribution in [3.05, 3.63) is 64.7 Å². The van der Waals surface area contributed by atoms with Crippen LogP contribution < -0.4 is 10.5 Å². The van der Waals surface area contributed by atoms with E-state index in [4.69, 9.17) is 20.3 Å². The van der Waals surface area contributed by atoms with Gasteiger partial charge in [0, 0.05) is 5.56 Å². The van der Waals surface area contributed by atoms with E-state index in [1.54, 1.807) is 0 Å². The second-order valence-corrected chi connectivity index (χ2v) is 9.96. The first-order chi connectivity index (χ1) is 15.9. The molecule has 0 amide bonds. The Bertz CT molecular complexity index is 1150. The predicted molar refractivity (Wildman–Crippen MR) is 120 cm³/mol. The monoisotopic (exact) mass is 517 g/mol. The van der Waals surface area contributed by atoms with Gasteiger partial charge in [0.15, 0.2) is 0 Å². The Morgan fingerprint density at radius 3 is 2.47 bits per heavy atom. The highest BCUT2D eigenvalue weighted by Crippen LogP contribution is 2.41. The van der Waals surface area contributed by atoms with E-state index in [1.165, 1.54) is 19.1 Å². The van der Waals surface area contributed by atoms with Crippen LogP contribution in [0.3, 0.4) is 0 Å². The number of nitrogens with zero attached hydrogens (tertiary/aromatic N) is 2. The quantitative estimate of drug-likeness (QED) is 0.265. The van der Waals surface area contributed by atoms with Crippen molar-refractivity contribution in [1.82, 2.24) is 10.2 Å². The zero-order valence-electron chi connectivity index (χ0n) is 18.0. The van der Waals surface area contributed by atoms with Gasteiger partial charge in [0.1, 0.15) is 15.8 Å². The first-order valence-corrected chi connectivity index (χ1v) is 12.4. The Labute approximate surface area is 197 Å². The first-order valence-electron chi connectivity index (χ1n) is 10.1. The third-order valence-corrected chi connectivity index (χ3v) is 6.41. The summed E-state index contributed by atoms with van der Waals surface area (Å²) in [6.07, 6.45) is -3.43. The summed E-state index contributed by atoms with van der Waals surface area (Å²) >= 11 is 0.899. The van der Waals surface area contributed by atoms with Crippen molar-refractivity contribution < 1.29 is 36.8 Å². The molecule has 0 aliphatic carbocycles. The number of hydrogen-bond donors (Lipinski definition) is 3. The maximum absolute atomic E-state index is 13.7. The molecule has 0 unspecified atom stereocenters. The third kappa shape index (κ3) is 7.33. The average molecular weight is 517 g/mol. The Kier molecular flexibility index (Phi) is 8.12. The van der Waals surface area contributed by atoms with E-state index < -0.39 is 31.7 Å². The highest BCUT2D eigenvalue weighted by molar-refractivity contribution is 7.46. The number of benzene rings is 2. The summed E-state index contributed by atoms with van der Waals surface area (Å²) in [5, 5.41) is 8.06. The maximum Gasteiger partial charge on any atom is 0.469 e. The lowest BCUT2D eigenvalue weighted by Gasteiger charge is -2.21. The zero-order valence-corrected chi connectivity index (χ0v) is 19.7. The molecule has 0 spiro atoms. The van der Waals surface area contributed by atoms with Gasteiger partial charge in [0.25, 0.3) is 0 Å². The van der Waals surface area contributed by atoms with Gasteiger partial charge in [0.2, 0.25) is 0 Å². The number of aromatic nitrogens is 2. The number of nitrogens with two attached hydrogens (primary N) is 1. The Balaban J connectivity index is 1.74. The summed E-state index contributed by atoms with van der Waals surface area (Å²) < 4.78 is 61.9. The molecule has 0 saturated carbocycles. The molecule has 1 aromatic heterocycles. The van der Waals surface area contributed by atoms with Gasteiger partial charge in [-0.2, -0.15) is 13.2 Å². The van der Waals surface area contributed by atoms with Crippen LogP contribution in [0.4, 0.5) is 13.2 Å². The SMILES string of the molecule is C[C@](N)(COP(=O)(O)O)c1nnc(-c2ccc(OCCCc3ccccc3)c(C(F)(F)F)c2)s1.